The lowest BCUT2D eigenvalue weighted by Crippen LogP contribution is -3.13. The average molecular weight is 417 g/mol. The number of carbonyl (C=O) groups excluding carboxylic acids is 2. The first-order chi connectivity index (χ1) is 15.0. The second-order valence-corrected chi connectivity index (χ2v) is 8.43. The molecule has 3 aromatic carbocycles. The lowest BCUT2D eigenvalue weighted by molar-refractivity contribution is -0.917. The largest absolute Gasteiger partial charge is 0.343 e. The quantitative estimate of drug-likeness (QED) is 0.670. The van der Waals surface area contributed by atoms with Gasteiger partial charge in [0.2, 0.25) is 5.91 Å². The van der Waals surface area contributed by atoms with Gasteiger partial charge in [0.15, 0.2) is 0 Å². The predicted molar refractivity (Wildman–Crippen MR) is 123 cm³/mol. The second-order valence-electron chi connectivity index (χ2n) is 8.43. The van der Waals surface area contributed by atoms with Crippen LogP contribution in [0.2, 0.25) is 0 Å². The number of benzene rings is 3. The summed E-state index contributed by atoms with van der Waals surface area (Å²) >= 11 is 0. The fourth-order valence-corrected chi connectivity index (χ4v) is 4.22. The fraction of sp³-hybridized carbons (Fsp3) is 0.308. The highest BCUT2D eigenvalue weighted by molar-refractivity contribution is 5.96. The molecule has 0 saturated carbocycles. The highest BCUT2D eigenvalue weighted by atomic mass is 16.2. The lowest BCUT2D eigenvalue weighted by atomic mass is 10.0. The molecule has 2 N–H and O–H groups in total. The van der Waals surface area contributed by atoms with E-state index in [-0.39, 0.29) is 18.4 Å². The Balaban J connectivity index is 1.27. The van der Waals surface area contributed by atoms with E-state index in [1.54, 1.807) is 6.07 Å². The van der Waals surface area contributed by atoms with E-state index in [1.165, 1.54) is 21.2 Å². The van der Waals surface area contributed by atoms with Gasteiger partial charge in [-0.2, -0.15) is 0 Å². The molecule has 4 rings (SSSR count). The van der Waals surface area contributed by atoms with Crippen molar-refractivity contribution in [2.24, 2.45) is 0 Å². The van der Waals surface area contributed by atoms with Gasteiger partial charge in [-0.3, -0.25) is 9.59 Å². The van der Waals surface area contributed by atoms with E-state index in [4.69, 9.17) is 0 Å². The molecule has 5 heteroatoms. The van der Waals surface area contributed by atoms with Crippen molar-refractivity contribution in [1.29, 1.82) is 0 Å². The van der Waals surface area contributed by atoms with Crippen LogP contribution in [0.25, 0.3) is 10.8 Å². The van der Waals surface area contributed by atoms with E-state index < -0.39 is 0 Å². The van der Waals surface area contributed by atoms with Gasteiger partial charge in [0.25, 0.3) is 5.91 Å². The molecule has 1 aliphatic rings. The molecule has 0 aliphatic carbocycles. The number of fused-ring (bicyclic) bond motifs is 1. The SMILES string of the molecule is Cc1ccc(C(=O)NCC(=O)N2CC[NH+](Cc3cccc4ccccc34)CC2)cc1C. The molecule has 0 spiro atoms. The van der Waals surface area contributed by atoms with Crippen molar-refractivity contribution < 1.29 is 14.5 Å². The number of amides is 2. The first-order valence-corrected chi connectivity index (χ1v) is 10.9. The second kappa shape index (κ2) is 9.31. The zero-order valence-electron chi connectivity index (χ0n) is 18.3. The van der Waals surface area contributed by atoms with Crippen LogP contribution < -0.4 is 10.2 Å². The summed E-state index contributed by atoms with van der Waals surface area (Å²) in [5.74, 6) is -0.210. The fourth-order valence-electron chi connectivity index (χ4n) is 4.22. The Hall–Kier alpha value is -3.18. The van der Waals surface area contributed by atoms with Crippen molar-refractivity contribution in [3.05, 3.63) is 82.9 Å². The standard InChI is InChI=1S/C26H29N3O2/c1-19-10-11-22(16-20(19)2)26(31)27-17-25(30)29-14-12-28(13-15-29)18-23-8-5-7-21-6-3-4-9-24(21)23/h3-11,16H,12-15,17-18H2,1-2H3,(H,27,31)/p+1. The van der Waals surface area contributed by atoms with E-state index in [1.807, 2.05) is 30.9 Å². The molecule has 1 aliphatic heterocycles. The number of nitrogens with zero attached hydrogens (tertiary/aromatic N) is 1. The molecule has 3 aromatic rings. The normalized spacial score (nSPS) is 14.6. The Bertz CT molecular complexity index is 1100. The third kappa shape index (κ3) is 4.94. The summed E-state index contributed by atoms with van der Waals surface area (Å²) in [5, 5.41) is 5.36. The molecule has 0 radical (unpaired) electrons. The van der Waals surface area contributed by atoms with Crippen LogP contribution in [0, 0.1) is 13.8 Å². The predicted octanol–water partition coefficient (Wildman–Crippen LogP) is 2.11. The van der Waals surface area contributed by atoms with Gasteiger partial charge in [-0.05, 0) is 47.9 Å². The van der Waals surface area contributed by atoms with Crippen molar-refractivity contribution in [2.45, 2.75) is 20.4 Å². The zero-order valence-corrected chi connectivity index (χ0v) is 18.3. The number of piperazine rings is 1. The summed E-state index contributed by atoms with van der Waals surface area (Å²) in [6.07, 6.45) is 0. The zero-order chi connectivity index (χ0) is 21.8. The van der Waals surface area contributed by atoms with Crippen LogP contribution in [0.1, 0.15) is 27.0 Å². The van der Waals surface area contributed by atoms with E-state index in [0.29, 0.717) is 5.56 Å². The number of nitrogens with one attached hydrogen (secondary N) is 2. The minimum absolute atomic E-state index is 0.0126. The third-order valence-corrected chi connectivity index (χ3v) is 6.31. The van der Waals surface area contributed by atoms with Crippen LogP contribution in [0.5, 0.6) is 0 Å². The maximum absolute atomic E-state index is 12.6. The molecular weight excluding hydrogens is 386 g/mol. The summed E-state index contributed by atoms with van der Waals surface area (Å²) in [5.41, 5.74) is 4.18. The van der Waals surface area contributed by atoms with Gasteiger partial charge >= 0.3 is 0 Å². The third-order valence-electron chi connectivity index (χ3n) is 6.31. The highest BCUT2D eigenvalue weighted by Gasteiger charge is 2.24. The molecular formula is C26H30N3O2+. The van der Waals surface area contributed by atoms with E-state index in [9.17, 15) is 9.59 Å². The first-order valence-electron chi connectivity index (χ1n) is 10.9. The van der Waals surface area contributed by atoms with Crippen LogP contribution in [0.15, 0.2) is 60.7 Å². The number of aryl methyl sites for hydroxylation is 2. The van der Waals surface area contributed by atoms with Gasteiger partial charge < -0.3 is 15.1 Å². The molecule has 0 unspecified atom stereocenters. The first kappa shape index (κ1) is 21.1. The smallest absolute Gasteiger partial charge is 0.251 e. The number of quaternary nitrogens is 1. The van der Waals surface area contributed by atoms with Crippen LogP contribution in [0.4, 0.5) is 0 Å². The average Bonchev–Trinajstić information content (AvgIpc) is 2.80. The number of rotatable bonds is 5. The molecule has 0 bridgehead atoms. The van der Waals surface area contributed by atoms with E-state index in [2.05, 4.69) is 47.8 Å². The van der Waals surface area contributed by atoms with Crippen molar-refractivity contribution in [1.82, 2.24) is 10.2 Å². The Kier molecular flexibility index (Phi) is 6.33. The Morgan fingerprint density at radius 1 is 0.935 bits per heavy atom. The summed E-state index contributed by atoms with van der Waals surface area (Å²) < 4.78 is 0. The Morgan fingerprint density at radius 2 is 1.68 bits per heavy atom. The molecule has 31 heavy (non-hydrogen) atoms. The Labute approximate surface area is 183 Å². The molecule has 1 fully saturated rings. The Morgan fingerprint density at radius 3 is 2.45 bits per heavy atom. The summed E-state index contributed by atoms with van der Waals surface area (Å²) in [6.45, 7) is 8.29. The van der Waals surface area contributed by atoms with E-state index in [0.717, 1.165) is 43.9 Å². The molecule has 5 nitrogen and oxygen atoms in total. The topological polar surface area (TPSA) is 53.9 Å². The van der Waals surface area contributed by atoms with Gasteiger partial charge in [0.05, 0.1) is 32.7 Å². The van der Waals surface area contributed by atoms with Crippen molar-refractivity contribution in [2.75, 3.05) is 32.7 Å². The molecule has 0 atom stereocenters. The number of hydrogen-bond donors (Lipinski definition) is 2. The maximum atomic E-state index is 12.6. The van der Waals surface area contributed by atoms with Gasteiger partial charge in [-0.1, -0.05) is 48.5 Å². The van der Waals surface area contributed by atoms with Crippen molar-refractivity contribution >= 4 is 22.6 Å². The summed E-state index contributed by atoms with van der Waals surface area (Å²) in [6, 6.07) is 20.6. The van der Waals surface area contributed by atoms with Crippen LogP contribution in [0.3, 0.4) is 0 Å². The van der Waals surface area contributed by atoms with Crippen LogP contribution in [-0.2, 0) is 11.3 Å². The highest BCUT2D eigenvalue weighted by Crippen LogP contribution is 2.17. The van der Waals surface area contributed by atoms with Crippen molar-refractivity contribution in [3.8, 4) is 0 Å². The summed E-state index contributed by atoms with van der Waals surface area (Å²) in [4.78, 5) is 28.3. The van der Waals surface area contributed by atoms with Gasteiger partial charge in [-0.15, -0.1) is 0 Å². The molecule has 0 aromatic heterocycles. The lowest BCUT2D eigenvalue weighted by Gasteiger charge is -2.32. The molecule has 1 saturated heterocycles. The summed E-state index contributed by atoms with van der Waals surface area (Å²) in [7, 11) is 0. The van der Waals surface area contributed by atoms with Gasteiger partial charge in [0.1, 0.15) is 6.54 Å². The van der Waals surface area contributed by atoms with Crippen molar-refractivity contribution in [3.63, 3.8) is 0 Å². The minimum atomic E-state index is -0.198. The maximum Gasteiger partial charge on any atom is 0.251 e. The number of hydrogen-bond acceptors (Lipinski definition) is 2. The van der Waals surface area contributed by atoms with Crippen LogP contribution >= 0.6 is 0 Å². The van der Waals surface area contributed by atoms with E-state index >= 15 is 0 Å². The minimum Gasteiger partial charge on any atom is -0.343 e. The van der Waals surface area contributed by atoms with Crippen LogP contribution in [-0.4, -0.2) is 49.4 Å². The molecule has 160 valence electrons. The molecule has 1 heterocycles. The van der Waals surface area contributed by atoms with Gasteiger partial charge in [-0.25, -0.2) is 0 Å². The molecule has 2 amide bonds. The van der Waals surface area contributed by atoms with Gasteiger partial charge in [0, 0.05) is 11.1 Å². The monoisotopic (exact) mass is 416 g/mol. The number of carbonyl (C=O) groups is 2.